The Morgan fingerprint density at radius 1 is 1.00 bits per heavy atom. The Hall–Kier alpha value is -2.74. The molecule has 0 aliphatic heterocycles. The maximum absolute atomic E-state index is 13.3. The fraction of sp³-hybridized carbons (Fsp3) is 0.536. The molecule has 8 heteroatoms. The lowest BCUT2D eigenvalue weighted by atomic mass is 9.91. The number of carbonyl (C=O) groups is 1. The van der Waals surface area contributed by atoms with E-state index in [0.29, 0.717) is 17.7 Å². The van der Waals surface area contributed by atoms with E-state index in [1.54, 1.807) is 18.2 Å². The van der Waals surface area contributed by atoms with Crippen LogP contribution in [0.2, 0.25) is 0 Å². The van der Waals surface area contributed by atoms with Gasteiger partial charge in [-0.05, 0) is 62.9 Å². The van der Waals surface area contributed by atoms with Crippen LogP contribution in [0, 0.1) is 5.41 Å². The number of ether oxygens (including phenoxy) is 1. The molecule has 0 aliphatic carbocycles. The third-order valence-corrected chi connectivity index (χ3v) is 7.44. The van der Waals surface area contributed by atoms with Crippen LogP contribution in [0.3, 0.4) is 0 Å². The Kier molecular flexibility index (Phi) is 10.2. The van der Waals surface area contributed by atoms with Crippen LogP contribution in [0.5, 0.6) is 11.5 Å². The van der Waals surface area contributed by atoms with Crippen molar-refractivity contribution in [2.24, 2.45) is 5.41 Å². The van der Waals surface area contributed by atoms with E-state index in [4.69, 9.17) is 8.92 Å². The molecule has 0 fully saturated rings. The van der Waals surface area contributed by atoms with Gasteiger partial charge in [-0.3, -0.25) is 4.79 Å². The Morgan fingerprint density at radius 3 is 2.11 bits per heavy atom. The van der Waals surface area contributed by atoms with E-state index < -0.39 is 10.1 Å². The predicted octanol–water partition coefficient (Wildman–Crippen LogP) is 5.87. The summed E-state index contributed by atoms with van der Waals surface area (Å²) in [5.41, 5.74) is 1.34. The highest BCUT2D eigenvalue weighted by molar-refractivity contribution is 7.87. The molecule has 36 heavy (non-hydrogen) atoms. The van der Waals surface area contributed by atoms with Crippen molar-refractivity contribution in [3.63, 3.8) is 0 Å². The van der Waals surface area contributed by atoms with Crippen molar-refractivity contribution < 1.29 is 22.1 Å². The van der Waals surface area contributed by atoms with Crippen LogP contribution in [-0.2, 0) is 21.5 Å². The summed E-state index contributed by atoms with van der Waals surface area (Å²) in [4.78, 5) is 17.2. The maximum atomic E-state index is 13.3. The summed E-state index contributed by atoms with van der Waals surface area (Å²) in [5.74, 6) is 0.820. The molecular weight excluding hydrogens is 476 g/mol. The second-order valence-corrected chi connectivity index (χ2v) is 11.7. The zero-order valence-corrected chi connectivity index (χ0v) is 23.8. The van der Waals surface area contributed by atoms with Crippen LogP contribution >= 0.6 is 0 Å². The summed E-state index contributed by atoms with van der Waals surface area (Å²) < 4.78 is 37.3. The molecular formula is C28H42N2O5S. The molecule has 0 N–H and O–H groups in total. The van der Waals surface area contributed by atoms with Crippen LogP contribution in [0.15, 0.2) is 47.4 Å². The first-order valence-electron chi connectivity index (χ1n) is 12.6. The standard InChI is InChI=1S/C28H42N2O5S/c1-9-21(4)30(27(31)19-28(5,6)7)20-22-12-13-23(29(10-2)11-3)18-26(22)35-36(32,33)25-16-14-24(34-8)15-17-25/h12-18,21H,9-11,19-20H2,1-8H3. The number of carbonyl (C=O) groups excluding carboxylic acids is 1. The number of hydrogen-bond donors (Lipinski definition) is 0. The number of benzene rings is 2. The molecule has 0 heterocycles. The van der Waals surface area contributed by atoms with Gasteiger partial charge in [0.15, 0.2) is 0 Å². The molecule has 2 aromatic rings. The molecule has 0 aromatic heterocycles. The Balaban J connectivity index is 2.52. The number of amides is 1. The molecule has 0 saturated carbocycles. The first-order valence-corrected chi connectivity index (χ1v) is 14.0. The van der Waals surface area contributed by atoms with Crippen molar-refractivity contribution in [2.75, 3.05) is 25.1 Å². The highest BCUT2D eigenvalue weighted by Gasteiger charge is 2.27. The number of anilines is 1. The zero-order valence-electron chi connectivity index (χ0n) is 23.0. The van der Waals surface area contributed by atoms with Crippen LogP contribution in [0.4, 0.5) is 5.69 Å². The normalized spacial score (nSPS) is 12.7. The maximum Gasteiger partial charge on any atom is 0.339 e. The largest absolute Gasteiger partial charge is 0.497 e. The monoisotopic (exact) mass is 518 g/mol. The summed E-state index contributed by atoms with van der Waals surface area (Å²) in [6, 6.07) is 11.7. The van der Waals surface area contributed by atoms with E-state index in [1.165, 1.54) is 19.2 Å². The lowest BCUT2D eigenvalue weighted by Gasteiger charge is -2.32. The summed E-state index contributed by atoms with van der Waals surface area (Å²) in [7, 11) is -2.58. The van der Waals surface area contributed by atoms with Crippen molar-refractivity contribution >= 4 is 21.7 Å². The zero-order chi connectivity index (χ0) is 27.1. The van der Waals surface area contributed by atoms with Crippen molar-refractivity contribution in [1.29, 1.82) is 0 Å². The third kappa shape index (κ3) is 7.88. The van der Waals surface area contributed by atoms with Crippen molar-refractivity contribution in [2.45, 2.75) is 78.8 Å². The second kappa shape index (κ2) is 12.5. The average Bonchev–Trinajstić information content (AvgIpc) is 2.82. The van der Waals surface area contributed by atoms with Crippen molar-refractivity contribution in [1.82, 2.24) is 4.90 Å². The molecule has 0 radical (unpaired) electrons. The summed E-state index contributed by atoms with van der Waals surface area (Å²) in [6.07, 6.45) is 1.18. The van der Waals surface area contributed by atoms with E-state index in [-0.39, 0.29) is 34.6 Å². The Morgan fingerprint density at radius 2 is 1.61 bits per heavy atom. The number of nitrogens with zero attached hydrogens (tertiary/aromatic N) is 2. The minimum atomic E-state index is -4.10. The SMILES string of the molecule is CCC(C)N(Cc1ccc(N(CC)CC)cc1OS(=O)(=O)c1ccc(OC)cc1)C(=O)CC(C)(C)C. The first-order chi connectivity index (χ1) is 16.8. The Bertz CT molecular complexity index is 1100. The Labute approximate surface area is 217 Å². The molecule has 1 atom stereocenters. The van der Waals surface area contributed by atoms with Gasteiger partial charge >= 0.3 is 10.1 Å². The summed E-state index contributed by atoms with van der Waals surface area (Å²) >= 11 is 0. The fourth-order valence-corrected chi connectivity index (χ4v) is 4.85. The van der Waals surface area contributed by atoms with Gasteiger partial charge in [0.2, 0.25) is 5.91 Å². The molecule has 200 valence electrons. The van der Waals surface area contributed by atoms with Gasteiger partial charge < -0.3 is 18.7 Å². The van der Waals surface area contributed by atoms with E-state index in [0.717, 1.165) is 25.2 Å². The van der Waals surface area contributed by atoms with Gasteiger partial charge in [-0.2, -0.15) is 8.42 Å². The van der Waals surface area contributed by atoms with Gasteiger partial charge in [-0.25, -0.2) is 0 Å². The summed E-state index contributed by atoms with van der Waals surface area (Å²) in [6.45, 7) is 16.0. The lowest BCUT2D eigenvalue weighted by molar-refractivity contribution is -0.135. The van der Waals surface area contributed by atoms with Gasteiger partial charge in [-0.1, -0.05) is 33.8 Å². The van der Waals surface area contributed by atoms with Crippen molar-refractivity contribution in [3.05, 3.63) is 48.0 Å². The van der Waals surface area contributed by atoms with E-state index in [1.807, 2.05) is 65.5 Å². The minimum absolute atomic E-state index is 0.00615. The van der Waals surface area contributed by atoms with Crippen molar-refractivity contribution in [3.8, 4) is 11.5 Å². The van der Waals surface area contributed by atoms with Crippen LogP contribution in [0.1, 0.15) is 66.9 Å². The molecule has 0 saturated heterocycles. The fourth-order valence-electron chi connectivity index (χ4n) is 3.89. The molecule has 2 rings (SSSR count). The topological polar surface area (TPSA) is 76.2 Å². The van der Waals surface area contributed by atoms with Crippen LogP contribution < -0.4 is 13.8 Å². The van der Waals surface area contributed by atoms with E-state index in [2.05, 4.69) is 4.90 Å². The number of methoxy groups -OCH3 is 1. The van der Waals surface area contributed by atoms with Gasteiger partial charge in [0.1, 0.15) is 16.4 Å². The van der Waals surface area contributed by atoms with E-state index in [9.17, 15) is 13.2 Å². The molecule has 1 unspecified atom stereocenters. The lowest BCUT2D eigenvalue weighted by Crippen LogP contribution is -2.39. The van der Waals surface area contributed by atoms with Crippen LogP contribution in [0.25, 0.3) is 0 Å². The highest BCUT2D eigenvalue weighted by Crippen LogP contribution is 2.32. The highest BCUT2D eigenvalue weighted by atomic mass is 32.2. The average molecular weight is 519 g/mol. The van der Waals surface area contributed by atoms with Crippen LogP contribution in [-0.4, -0.2) is 45.5 Å². The van der Waals surface area contributed by atoms with Gasteiger partial charge in [0, 0.05) is 49.4 Å². The third-order valence-electron chi connectivity index (χ3n) is 6.19. The summed E-state index contributed by atoms with van der Waals surface area (Å²) in [5, 5.41) is 0. The first kappa shape index (κ1) is 29.5. The predicted molar refractivity (Wildman–Crippen MR) is 145 cm³/mol. The molecule has 2 aromatic carbocycles. The number of rotatable bonds is 12. The molecule has 7 nitrogen and oxygen atoms in total. The minimum Gasteiger partial charge on any atom is -0.497 e. The number of hydrogen-bond acceptors (Lipinski definition) is 6. The van der Waals surface area contributed by atoms with Gasteiger partial charge in [0.05, 0.1) is 7.11 Å². The molecule has 0 aliphatic rings. The van der Waals surface area contributed by atoms with E-state index >= 15 is 0 Å². The second-order valence-electron chi connectivity index (χ2n) is 10.2. The molecule has 1 amide bonds. The van der Waals surface area contributed by atoms with Gasteiger partial charge in [-0.15, -0.1) is 0 Å². The van der Waals surface area contributed by atoms with Gasteiger partial charge in [0.25, 0.3) is 0 Å². The molecule has 0 spiro atoms. The molecule has 0 bridgehead atoms. The quantitative estimate of drug-likeness (QED) is 0.327. The smallest absolute Gasteiger partial charge is 0.339 e.